The summed E-state index contributed by atoms with van der Waals surface area (Å²) >= 11 is 1.53. The molecule has 2 aromatic heterocycles. The van der Waals surface area contributed by atoms with Crippen molar-refractivity contribution in [3.8, 4) is 22.1 Å². The molecule has 2 aromatic carbocycles. The second-order valence-electron chi connectivity index (χ2n) is 7.11. The molecule has 33 heavy (non-hydrogen) atoms. The fourth-order valence-electron chi connectivity index (χ4n) is 3.28. The number of benzene rings is 2. The van der Waals surface area contributed by atoms with Gasteiger partial charge in [-0.1, -0.05) is 36.4 Å². The molecule has 0 unspecified atom stereocenters. The zero-order chi connectivity index (χ0) is 23.0. The van der Waals surface area contributed by atoms with Gasteiger partial charge in [-0.15, -0.1) is 11.3 Å². The number of ether oxygens (including phenoxy) is 2. The van der Waals surface area contributed by atoms with Gasteiger partial charge in [-0.05, 0) is 41.5 Å². The third kappa shape index (κ3) is 5.45. The van der Waals surface area contributed by atoms with Gasteiger partial charge in [-0.2, -0.15) is 0 Å². The van der Waals surface area contributed by atoms with Gasteiger partial charge in [0.05, 0.1) is 26.5 Å². The van der Waals surface area contributed by atoms with E-state index in [-0.39, 0.29) is 5.91 Å². The second kappa shape index (κ2) is 10.6. The Balaban J connectivity index is 1.56. The molecule has 0 fully saturated rings. The number of carbonyl (C=O) groups is 1. The Bertz CT molecular complexity index is 1250. The Hall–Kier alpha value is -3.97. The summed E-state index contributed by atoms with van der Waals surface area (Å²) in [6.45, 7) is 0.325. The highest BCUT2D eigenvalue weighted by atomic mass is 32.1. The molecule has 0 aliphatic rings. The molecule has 0 atom stereocenters. The number of amides is 1. The molecule has 1 N–H and O–H groups in total. The topological polar surface area (TPSA) is 73.3 Å². The third-order valence-corrected chi connectivity index (χ3v) is 5.88. The van der Waals surface area contributed by atoms with Crippen LogP contribution in [0.3, 0.4) is 0 Å². The molecule has 0 spiro atoms. The van der Waals surface area contributed by atoms with Crippen molar-refractivity contribution < 1.29 is 14.3 Å². The molecule has 0 saturated heterocycles. The molecule has 0 bridgehead atoms. The molecular weight excluding hydrogens is 434 g/mol. The molecule has 0 aliphatic carbocycles. The molecule has 166 valence electrons. The van der Waals surface area contributed by atoms with E-state index in [2.05, 4.69) is 15.3 Å². The number of nitrogens with one attached hydrogen (secondary N) is 1. The fourth-order valence-corrected chi connectivity index (χ4v) is 4.09. The monoisotopic (exact) mass is 457 g/mol. The van der Waals surface area contributed by atoms with Gasteiger partial charge in [0.1, 0.15) is 5.01 Å². The van der Waals surface area contributed by atoms with Crippen molar-refractivity contribution >= 4 is 28.9 Å². The van der Waals surface area contributed by atoms with E-state index in [0.29, 0.717) is 23.6 Å². The maximum atomic E-state index is 13.2. The van der Waals surface area contributed by atoms with Crippen molar-refractivity contribution in [2.24, 2.45) is 0 Å². The normalized spacial score (nSPS) is 11.2. The first-order valence-corrected chi connectivity index (χ1v) is 11.2. The predicted molar refractivity (Wildman–Crippen MR) is 131 cm³/mol. The summed E-state index contributed by atoms with van der Waals surface area (Å²) in [6, 6.07) is 19.0. The van der Waals surface area contributed by atoms with E-state index in [1.165, 1.54) is 11.3 Å². The minimum absolute atomic E-state index is 0.188. The van der Waals surface area contributed by atoms with Crippen molar-refractivity contribution in [2.75, 3.05) is 14.2 Å². The standard InChI is InChI=1S/C26H23N3O3S/c1-31-23-11-10-18(14-24(23)32-2)13-22(19-7-4-3-5-8-19)25(30)28-16-21-17-33-26(29-21)20-9-6-12-27-15-20/h3-15,17H,16H2,1-2H3,(H,28,30)/b22-13+. The molecule has 0 aliphatic heterocycles. The number of carbonyl (C=O) groups excluding carboxylic acids is 1. The van der Waals surface area contributed by atoms with E-state index < -0.39 is 0 Å². The zero-order valence-corrected chi connectivity index (χ0v) is 19.1. The number of rotatable bonds is 8. The lowest BCUT2D eigenvalue weighted by Gasteiger charge is -2.11. The van der Waals surface area contributed by atoms with Crippen LogP contribution in [0.15, 0.2) is 78.4 Å². The largest absolute Gasteiger partial charge is 0.493 e. The Morgan fingerprint density at radius 3 is 2.58 bits per heavy atom. The van der Waals surface area contributed by atoms with Gasteiger partial charge >= 0.3 is 0 Å². The SMILES string of the molecule is COc1ccc(/C=C(/C(=O)NCc2csc(-c3cccnc3)n2)c2ccccc2)cc1OC. The van der Waals surface area contributed by atoms with Crippen molar-refractivity contribution in [3.63, 3.8) is 0 Å². The maximum absolute atomic E-state index is 13.2. The third-order valence-electron chi connectivity index (χ3n) is 4.94. The number of nitrogens with zero attached hydrogens (tertiary/aromatic N) is 2. The molecular formula is C26H23N3O3S. The van der Waals surface area contributed by atoms with Gasteiger partial charge in [0.2, 0.25) is 0 Å². The highest BCUT2D eigenvalue weighted by Gasteiger charge is 2.14. The van der Waals surface area contributed by atoms with Gasteiger partial charge in [-0.3, -0.25) is 9.78 Å². The molecule has 4 rings (SSSR count). The summed E-state index contributed by atoms with van der Waals surface area (Å²) in [7, 11) is 3.18. The van der Waals surface area contributed by atoms with Crippen LogP contribution < -0.4 is 14.8 Å². The first kappa shape index (κ1) is 22.2. The van der Waals surface area contributed by atoms with Gasteiger partial charge in [-0.25, -0.2) is 4.98 Å². The Morgan fingerprint density at radius 1 is 1.03 bits per heavy atom. The minimum atomic E-state index is -0.188. The fraction of sp³-hybridized carbons (Fsp3) is 0.115. The van der Waals surface area contributed by atoms with Crippen LogP contribution in [0.25, 0.3) is 22.2 Å². The van der Waals surface area contributed by atoms with Crippen molar-refractivity contribution in [3.05, 3.63) is 95.3 Å². The first-order valence-electron chi connectivity index (χ1n) is 10.3. The molecule has 6 nitrogen and oxygen atoms in total. The number of aromatic nitrogens is 2. The lowest BCUT2D eigenvalue weighted by Crippen LogP contribution is -2.24. The summed E-state index contributed by atoms with van der Waals surface area (Å²) in [6.07, 6.45) is 5.35. The van der Waals surface area contributed by atoms with E-state index in [4.69, 9.17) is 9.47 Å². The van der Waals surface area contributed by atoms with Gasteiger partial charge in [0.15, 0.2) is 11.5 Å². The molecule has 0 saturated carbocycles. The lowest BCUT2D eigenvalue weighted by atomic mass is 10.0. The maximum Gasteiger partial charge on any atom is 0.252 e. The minimum Gasteiger partial charge on any atom is -0.493 e. The zero-order valence-electron chi connectivity index (χ0n) is 18.3. The van der Waals surface area contributed by atoms with E-state index in [1.54, 1.807) is 26.6 Å². The summed E-state index contributed by atoms with van der Waals surface area (Å²) < 4.78 is 10.7. The van der Waals surface area contributed by atoms with Crippen LogP contribution in [-0.4, -0.2) is 30.1 Å². The van der Waals surface area contributed by atoms with E-state index in [9.17, 15) is 4.79 Å². The smallest absolute Gasteiger partial charge is 0.252 e. The van der Waals surface area contributed by atoms with Gasteiger partial charge in [0, 0.05) is 28.9 Å². The van der Waals surface area contributed by atoms with Crippen molar-refractivity contribution in [1.82, 2.24) is 15.3 Å². The van der Waals surface area contributed by atoms with Crippen LogP contribution >= 0.6 is 11.3 Å². The molecule has 2 heterocycles. The first-order chi connectivity index (χ1) is 16.2. The summed E-state index contributed by atoms with van der Waals surface area (Å²) in [5.74, 6) is 1.05. The highest BCUT2D eigenvalue weighted by Crippen LogP contribution is 2.29. The van der Waals surface area contributed by atoms with Crippen LogP contribution in [0.2, 0.25) is 0 Å². The number of hydrogen-bond donors (Lipinski definition) is 1. The summed E-state index contributed by atoms with van der Waals surface area (Å²) in [4.78, 5) is 22.0. The number of thiazole rings is 1. The predicted octanol–water partition coefficient (Wildman–Crippen LogP) is 5.08. The Labute approximate surface area is 196 Å². The average Bonchev–Trinajstić information content (AvgIpc) is 3.36. The summed E-state index contributed by atoms with van der Waals surface area (Å²) in [5, 5.41) is 5.82. The Morgan fingerprint density at radius 2 is 1.85 bits per heavy atom. The summed E-state index contributed by atoms with van der Waals surface area (Å²) in [5.41, 5.74) is 3.95. The lowest BCUT2D eigenvalue weighted by molar-refractivity contribution is -0.115. The average molecular weight is 458 g/mol. The van der Waals surface area contributed by atoms with Crippen molar-refractivity contribution in [2.45, 2.75) is 6.54 Å². The van der Waals surface area contributed by atoms with E-state index in [1.807, 2.05) is 72.1 Å². The molecule has 1 amide bonds. The number of pyridine rings is 1. The van der Waals surface area contributed by atoms with Gasteiger partial charge < -0.3 is 14.8 Å². The van der Waals surface area contributed by atoms with Crippen LogP contribution in [-0.2, 0) is 11.3 Å². The number of methoxy groups -OCH3 is 2. The van der Waals surface area contributed by atoms with E-state index in [0.717, 1.165) is 27.4 Å². The quantitative estimate of drug-likeness (QED) is 0.295. The van der Waals surface area contributed by atoms with Crippen LogP contribution in [0.4, 0.5) is 0 Å². The second-order valence-corrected chi connectivity index (χ2v) is 7.96. The highest BCUT2D eigenvalue weighted by molar-refractivity contribution is 7.13. The van der Waals surface area contributed by atoms with Gasteiger partial charge in [0.25, 0.3) is 5.91 Å². The molecule has 0 radical (unpaired) electrons. The van der Waals surface area contributed by atoms with Crippen LogP contribution in [0.5, 0.6) is 11.5 Å². The van der Waals surface area contributed by atoms with Crippen LogP contribution in [0, 0.1) is 0 Å². The van der Waals surface area contributed by atoms with Crippen molar-refractivity contribution in [1.29, 1.82) is 0 Å². The molecule has 4 aromatic rings. The molecule has 7 heteroatoms. The Kier molecular flexibility index (Phi) is 7.12. The number of hydrogen-bond acceptors (Lipinski definition) is 6. The van der Waals surface area contributed by atoms with Crippen LogP contribution in [0.1, 0.15) is 16.8 Å². The van der Waals surface area contributed by atoms with E-state index >= 15 is 0 Å².